The van der Waals surface area contributed by atoms with E-state index in [1.807, 2.05) is 0 Å². The molecule has 3 rings (SSSR count). The molecule has 0 bridgehead atoms. The van der Waals surface area contributed by atoms with Crippen LogP contribution in [0.2, 0.25) is 0 Å². The van der Waals surface area contributed by atoms with Crippen LogP contribution in [-0.2, 0) is 0 Å². The average molecular weight is 333 g/mol. The van der Waals surface area contributed by atoms with Gasteiger partial charge in [0.05, 0.1) is 0 Å². The molecule has 0 aromatic rings. The summed E-state index contributed by atoms with van der Waals surface area (Å²) in [5, 5.41) is 0. The van der Waals surface area contributed by atoms with Gasteiger partial charge in [-0.25, -0.2) is 0 Å². The molecule has 3 aliphatic carbocycles. The van der Waals surface area contributed by atoms with Crippen LogP contribution >= 0.6 is 0 Å². The summed E-state index contributed by atoms with van der Waals surface area (Å²) in [6, 6.07) is 0. The Kier molecular flexibility index (Phi) is 7.54. The molecular formula is C24H44. The summed E-state index contributed by atoms with van der Waals surface area (Å²) in [6.07, 6.45) is 24.6. The summed E-state index contributed by atoms with van der Waals surface area (Å²) >= 11 is 0. The van der Waals surface area contributed by atoms with Crippen molar-refractivity contribution < 1.29 is 0 Å². The SMILES string of the molecule is CCCC1CCC(C2CCC(CC(C)C3CCCCC3)CC2)CC1. The topological polar surface area (TPSA) is 0 Å². The highest BCUT2D eigenvalue weighted by atomic mass is 14.4. The van der Waals surface area contributed by atoms with E-state index in [2.05, 4.69) is 13.8 Å². The van der Waals surface area contributed by atoms with Gasteiger partial charge in [-0.2, -0.15) is 0 Å². The highest BCUT2D eigenvalue weighted by Crippen LogP contribution is 2.44. The third-order valence-electron chi connectivity index (χ3n) is 8.31. The minimum absolute atomic E-state index is 1.01. The smallest absolute Gasteiger partial charge is 0.0386 e. The second-order valence-electron chi connectivity index (χ2n) is 9.96. The zero-order valence-corrected chi connectivity index (χ0v) is 16.8. The first-order valence-electron chi connectivity index (χ1n) is 11.8. The van der Waals surface area contributed by atoms with Gasteiger partial charge in [0, 0.05) is 0 Å². The van der Waals surface area contributed by atoms with Gasteiger partial charge in [0.25, 0.3) is 0 Å². The van der Waals surface area contributed by atoms with Crippen molar-refractivity contribution in [3.05, 3.63) is 0 Å². The molecule has 1 unspecified atom stereocenters. The second-order valence-corrected chi connectivity index (χ2v) is 9.96. The molecule has 0 N–H and O–H groups in total. The second kappa shape index (κ2) is 9.63. The van der Waals surface area contributed by atoms with E-state index in [4.69, 9.17) is 0 Å². The molecule has 0 aromatic carbocycles. The molecule has 24 heavy (non-hydrogen) atoms. The molecule has 0 nitrogen and oxygen atoms in total. The summed E-state index contributed by atoms with van der Waals surface area (Å²) < 4.78 is 0. The van der Waals surface area contributed by atoms with Gasteiger partial charge in [0.15, 0.2) is 0 Å². The van der Waals surface area contributed by atoms with Gasteiger partial charge in [-0.1, -0.05) is 84.5 Å². The Morgan fingerprint density at radius 2 is 1.21 bits per heavy atom. The summed E-state index contributed by atoms with van der Waals surface area (Å²) in [4.78, 5) is 0. The maximum atomic E-state index is 2.58. The highest BCUT2D eigenvalue weighted by molar-refractivity contribution is 4.83. The fourth-order valence-corrected chi connectivity index (χ4v) is 6.67. The summed E-state index contributed by atoms with van der Waals surface area (Å²) in [6.45, 7) is 4.94. The van der Waals surface area contributed by atoms with Gasteiger partial charge in [0.1, 0.15) is 0 Å². The van der Waals surface area contributed by atoms with E-state index in [1.165, 1.54) is 44.9 Å². The number of hydrogen-bond donors (Lipinski definition) is 0. The van der Waals surface area contributed by atoms with E-state index in [1.54, 1.807) is 57.8 Å². The highest BCUT2D eigenvalue weighted by Gasteiger charge is 2.32. The van der Waals surface area contributed by atoms with Crippen LogP contribution in [-0.4, -0.2) is 0 Å². The Morgan fingerprint density at radius 1 is 0.667 bits per heavy atom. The molecule has 0 aromatic heterocycles. The van der Waals surface area contributed by atoms with E-state index in [0.717, 1.165) is 35.5 Å². The Balaban J connectivity index is 1.35. The lowest BCUT2D eigenvalue weighted by molar-refractivity contribution is 0.127. The van der Waals surface area contributed by atoms with E-state index in [0.29, 0.717) is 0 Å². The van der Waals surface area contributed by atoms with Gasteiger partial charge in [-0.15, -0.1) is 0 Å². The predicted octanol–water partition coefficient (Wildman–Crippen LogP) is 8.01. The third-order valence-corrected chi connectivity index (χ3v) is 8.31. The average Bonchev–Trinajstić information content (AvgIpc) is 2.64. The van der Waals surface area contributed by atoms with E-state index >= 15 is 0 Å². The third kappa shape index (κ3) is 5.25. The van der Waals surface area contributed by atoms with Crippen molar-refractivity contribution in [2.24, 2.45) is 35.5 Å². The minimum atomic E-state index is 1.01. The molecular weight excluding hydrogens is 288 g/mol. The van der Waals surface area contributed by atoms with Gasteiger partial charge in [-0.3, -0.25) is 0 Å². The maximum absolute atomic E-state index is 2.58. The van der Waals surface area contributed by atoms with Gasteiger partial charge >= 0.3 is 0 Å². The molecule has 0 heteroatoms. The molecule has 0 spiro atoms. The molecule has 140 valence electrons. The summed E-state index contributed by atoms with van der Waals surface area (Å²) in [7, 11) is 0. The zero-order valence-electron chi connectivity index (χ0n) is 16.8. The van der Waals surface area contributed by atoms with Crippen LogP contribution in [0.3, 0.4) is 0 Å². The lowest BCUT2D eigenvalue weighted by Crippen LogP contribution is -2.27. The van der Waals surface area contributed by atoms with E-state index in [-0.39, 0.29) is 0 Å². The zero-order chi connectivity index (χ0) is 16.8. The molecule has 3 saturated carbocycles. The quantitative estimate of drug-likeness (QED) is 0.462. The van der Waals surface area contributed by atoms with Gasteiger partial charge in [-0.05, 0) is 67.6 Å². The largest absolute Gasteiger partial charge is 0.0654 e. The van der Waals surface area contributed by atoms with Crippen molar-refractivity contribution in [2.45, 2.75) is 117 Å². The first-order valence-corrected chi connectivity index (χ1v) is 11.8. The number of hydrogen-bond acceptors (Lipinski definition) is 0. The Morgan fingerprint density at radius 3 is 1.75 bits per heavy atom. The van der Waals surface area contributed by atoms with Crippen LogP contribution in [0, 0.1) is 35.5 Å². The van der Waals surface area contributed by atoms with Crippen LogP contribution in [0.4, 0.5) is 0 Å². The molecule has 1 atom stereocenters. The van der Waals surface area contributed by atoms with Crippen LogP contribution in [0.5, 0.6) is 0 Å². The van der Waals surface area contributed by atoms with Gasteiger partial charge < -0.3 is 0 Å². The summed E-state index contributed by atoms with van der Waals surface area (Å²) in [5.74, 6) is 6.46. The fourth-order valence-electron chi connectivity index (χ4n) is 6.67. The molecule has 3 aliphatic rings. The molecule has 0 saturated heterocycles. The van der Waals surface area contributed by atoms with Crippen molar-refractivity contribution >= 4 is 0 Å². The van der Waals surface area contributed by atoms with Crippen molar-refractivity contribution in [2.75, 3.05) is 0 Å². The van der Waals surface area contributed by atoms with Crippen LogP contribution in [0.15, 0.2) is 0 Å². The van der Waals surface area contributed by atoms with Crippen molar-refractivity contribution in [1.82, 2.24) is 0 Å². The van der Waals surface area contributed by atoms with E-state index < -0.39 is 0 Å². The Bertz CT molecular complexity index is 324. The minimum Gasteiger partial charge on any atom is -0.0654 e. The Hall–Kier alpha value is 0. The van der Waals surface area contributed by atoms with Crippen molar-refractivity contribution in [3.63, 3.8) is 0 Å². The van der Waals surface area contributed by atoms with Crippen LogP contribution in [0.25, 0.3) is 0 Å². The molecule has 0 aliphatic heterocycles. The van der Waals surface area contributed by atoms with Crippen molar-refractivity contribution in [3.8, 4) is 0 Å². The molecule has 3 fully saturated rings. The standard InChI is InChI=1S/C24H44/c1-3-7-20-10-14-23(15-11-20)24-16-12-21(13-17-24)18-19(2)22-8-5-4-6-9-22/h19-24H,3-18H2,1-2H3. The first-order chi connectivity index (χ1) is 11.8. The van der Waals surface area contributed by atoms with E-state index in [9.17, 15) is 0 Å². The predicted molar refractivity (Wildman–Crippen MR) is 106 cm³/mol. The van der Waals surface area contributed by atoms with Crippen molar-refractivity contribution in [1.29, 1.82) is 0 Å². The monoisotopic (exact) mass is 332 g/mol. The number of rotatable bonds is 6. The first kappa shape index (κ1) is 18.8. The lowest BCUT2D eigenvalue weighted by atomic mass is 9.67. The summed E-state index contributed by atoms with van der Waals surface area (Å²) in [5.41, 5.74) is 0. The van der Waals surface area contributed by atoms with Gasteiger partial charge in [0.2, 0.25) is 0 Å². The molecule has 0 radical (unpaired) electrons. The lowest BCUT2D eigenvalue weighted by Gasteiger charge is -2.39. The molecule has 0 amide bonds. The molecule has 0 heterocycles. The normalized spacial score (nSPS) is 37.2. The van der Waals surface area contributed by atoms with Crippen LogP contribution < -0.4 is 0 Å². The Labute approximate surface area is 152 Å². The maximum Gasteiger partial charge on any atom is -0.0386 e. The fraction of sp³-hybridized carbons (Fsp3) is 1.00. The van der Waals surface area contributed by atoms with Crippen LogP contribution in [0.1, 0.15) is 117 Å².